The number of nitrogens with two attached hydrogens (primary N) is 1. The summed E-state index contributed by atoms with van der Waals surface area (Å²) in [7, 11) is 2.07. The van der Waals surface area contributed by atoms with E-state index in [1.54, 1.807) is 6.07 Å². The van der Waals surface area contributed by atoms with Gasteiger partial charge in [0.05, 0.1) is 0 Å². The van der Waals surface area contributed by atoms with Crippen molar-refractivity contribution in [2.24, 2.45) is 11.7 Å². The Morgan fingerprint density at radius 1 is 1.37 bits per heavy atom. The van der Waals surface area contributed by atoms with Crippen LogP contribution in [0.15, 0.2) is 18.2 Å². The van der Waals surface area contributed by atoms with Gasteiger partial charge in [-0.1, -0.05) is 0 Å². The van der Waals surface area contributed by atoms with Gasteiger partial charge in [-0.3, -0.25) is 0 Å². The summed E-state index contributed by atoms with van der Waals surface area (Å²) in [5.74, 6) is 0.473. The van der Waals surface area contributed by atoms with Gasteiger partial charge in [-0.25, -0.2) is 4.39 Å². The number of anilines is 1. The highest BCUT2D eigenvalue weighted by molar-refractivity contribution is 5.53. The van der Waals surface area contributed by atoms with Crippen molar-refractivity contribution in [2.75, 3.05) is 38.3 Å². The highest BCUT2D eigenvalue weighted by atomic mass is 19.1. The molecule has 2 N–H and O–H groups in total. The molecule has 1 aromatic carbocycles. The quantitative estimate of drug-likeness (QED) is 0.888. The van der Waals surface area contributed by atoms with E-state index in [1.165, 1.54) is 6.07 Å². The van der Waals surface area contributed by atoms with Crippen LogP contribution in [0.4, 0.5) is 10.1 Å². The second-order valence-electron chi connectivity index (χ2n) is 5.25. The Balaban J connectivity index is 2.06. The van der Waals surface area contributed by atoms with Gasteiger partial charge in [-0.15, -0.1) is 0 Å². The van der Waals surface area contributed by atoms with Gasteiger partial charge in [0.2, 0.25) is 0 Å². The van der Waals surface area contributed by atoms with Crippen LogP contribution in [-0.2, 0) is 11.2 Å². The summed E-state index contributed by atoms with van der Waals surface area (Å²) in [5.41, 5.74) is 7.70. The summed E-state index contributed by atoms with van der Waals surface area (Å²) in [6.07, 6.45) is 2.93. The minimum atomic E-state index is -0.188. The number of rotatable bonds is 5. The lowest BCUT2D eigenvalue weighted by Crippen LogP contribution is -2.30. The highest BCUT2D eigenvalue weighted by Crippen LogP contribution is 2.24. The van der Waals surface area contributed by atoms with Crippen LogP contribution in [-0.4, -0.2) is 33.4 Å². The molecule has 0 spiro atoms. The minimum absolute atomic E-state index is 0.188. The van der Waals surface area contributed by atoms with Crippen LogP contribution in [0.1, 0.15) is 18.4 Å². The van der Waals surface area contributed by atoms with Crippen LogP contribution in [0, 0.1) is 11.7 Å². The zero-order chi connectivity index (χ0) is 13.7. The van der Waals surface area contributed by atoms with Crippen LogP contribution in [0.25, 0.3) is 0 Å². The molecule has 1 aliphatic heterocycles. The average molecular weight is 266 g/mol. The molecule has 4 heteroatoms. The Kier molecular flexibility index (Phi) is 5.16. The molecule has 1 saturated heterocycles. The SMILES string of the molecule is CN(CC1CCOCC1)c1ccc(F)cc1CCN. The van der Waals surface area contributed by atoms with E-state index >= 15 is 0 Å². The molecule has 1 aromatic rings. The first-order chi connectivity index (χ1) is 9.20. The van der Waals surface area contributed by atoms with Crippen LogP contribution in [0.3, 0.4) is 0 Å². The van der Waals surface area contributed by atoms with Gasteiger partial charge in [0.1, 0.15) is 5.82 Å². The number of ether oxygens (including phenoxy) is 1. The van der Waals surface area contributed by atoms with Crippen molar-refractivity contribution in [1.82, 2.24) is 0 Å². The molecule has 0 bridgehead atoms. The number of nitrogens with zero attached hydrogens (tertiary/aromatic N) is 1. The van der Waals surface area contributed by atoms with Gasteiger partial charge in [0.25, 0.3) is 0 Å². The molecule has 1 heterocycles. The van der Waals surface area contributed by atoms with Gasteiger partial charge >= 0.3 is 0 Å². The van der Waals surface area contributed by atoms with Gasteiger partial charge in [-0.2, -0.15) is 0 Å². The number of halogens is 1. The maximum absolute atomic E-state index is 13.3. The highest BCUT2D eigenvalue weighted by Gasteiger charge is 2.17. The number of hydrogen-bond acceptors (Lipinski definition) is 3. The van der Waals surface area contributed by atoms with E-state index < -0.39 is 0 Å². The third-order valence-corrected chi connectivity index (χ3v) is 3.74. The van der Waals surface area contributed by atoms with Crippen LogP contribution in [0.5, 0.6) is 0 Å². The van der Waals surface area contributed by atoms with Crippen LogP contribution in [0.2, 0.25) is 0 Å². The molecule has 19 heavy (non-hydrogen) atoms. The number of hydrogen-bond donors (Lipinski definition) is 1. The molecule has 0 aromatic heterocycles. The van der Waals surface area contributed by atoms with Crippen molar-refractivity contribution in [3.63, 3.8) is 0 Å². The molecule has 0 aliphatic carbocycles. The van der Waals surface area contributed by atoms with E-state index in [4.69, 9.17) is 10.5 Å². The second-order valence-corrected chi connectivity index (χ2v) is 5.25. The predicted octanol–water partition coefficient (Wildman–Crippen LogP) is 2.19. The fourth-order valence-corrected chi connectivity index (χ4v) is 2.70. The molecule has 0 atom stereocenters. The Hall–Kier alpha value is -1.13. The van der Waals surface area contributed by atoms with Crippen molar-refractivity contribution in [3.8, 4) is 0 Å². The minimum Gasteiger partial charge on any atom is -0.381 e. The van der Waals surface area contributed by atoms with E-state index in [-0.39, 0.29) is 5.82 Å². The summed E-state index contributed by atoms with van der Waals surface area (Å²) in [5, 5.41) is 0. The lowest BCUT2D eigenvalue weighted by molar-refractivity contribution is 0.0685. The maximum atomic E-state index is 13.3. The van der Waals surface area contributed by atoms with E-state index in [9.17, 15) is 4.39 Å². The summed E-state index contributed by atoms with van der Waals surface area (Å²) in [6, 6.07) is 4.98. The first-order valence-corrected chi connectivity index (χ1v) is 6.98. The monoisotopic (exact) mass is 266 g/mol. The fraction of sp³-hybridized carbons (Fsp3) is 0.600. The van der Waals surface area contributed by atoms with Crippen molar-refractivity contribution < 1.29 is 9.13 Å². The zero-order valence-corrected chi connectivity index (χ0v) is 11.6. The smallest absolute Gasteiger partial charge is 0.123 e. The van der Waals surface area contributed by atoms with Gasteiger partial charge in [0.15, 0.2) is 0 Å². The van der Waals surface area contributed by atoms with Crippen LogP contribution >= 0.6 is 0 Å². The number of benzene rings is 1. The molecule has 1 aliphatic rings. The zero-order valence-electron chi connectivity index (χ0n) is 11.6. The third-order valence-electron chi connectivity index (χ3n) is 3.74. The Labute approximate surface area is 114 Å². The molecule has 1 fully saturated rings. The molecular weight excluding hydrogens is 243 g/mol. The lowest BCUT2D eigenvalue weighted by atomic mass is 9.99. The lowest BCUT2D eigenvalue weighted by Gasteiger charge is -2.29. The Morgan fingerprint density at radius 3 is 2.79 bits per heavy atom. The Bertz CT molecular complexity index is 405. The van der Waals surface area contributed by atoms with Crippen molar-refractivity contribution in [2.45, 2.75) is 19.3 Å². The second kappa shape index (κ2) is 6.87. The molecular formula is C15H23FN2O. The molecule has 0 amide bonds. The summed E-state index contributed by atoms with van der Waals surface area (Å²) in [4.78, 5) is 2.22. The molecule has 0 radical (unpaired) electrons. The predicted molar refractivity (Wildman–Crippen MR) is 76.0 cm³/mol. The normalized spacial score (nSPS) is 16.6. The van der Waals surface area contributed by atoms with E-state index in [0.717, 1.165) is 43.9 Å². The maximum Gasteiger partial charge on any atom is 0.123 e. The molecule has 0 saturated carbocycles. The largest absolute Gasteiger partial charge is 0.381 e. The fourth-order valence-electron chi connectivity index (χ4n) is 2.70. The first kappa shape index (κ1) is 14.3. The average Bonchev–Trinajstić information content (AvgIpc) is 2.40. The van der Waals surface area contributed by atoms with Gasteiger partial charge in [-0.05, 0) is 55.5 Å². The van der Waals surface area contributed by atoms with E-state index in [2.05, 4.69) is 11.9 Å². The van der Waals surface area contributed by atoms with Crippen molar-refractivity contribution in [1.29, 1.82) is 0 Å². The summed E-state index contributed by atoms with van der Waals surface area (Å²) >= 11 is 0. The van der Waals surface area contributed by atoms with Crippen molar-refractivity contribution in [3.05, 3.63) is 29.6 Å². The Morgan fingerprint density at radius 2 is 2.11 bits per heavy atom. The standard InChI is InChI=1S/C15H23FN2O/c1-18(11-12-5-8-19-9-6-12)15-3-2-14(16)10-13(15)4-7-17/h2-3,10,12H,4-9,11,17H2,1H3. The topological polar surface area (TPSA) is 38.5 Å². The van der Waals surface area contributed by atoms with Crippen molar-refractivity contribution >= 4 is 5.69 Å². The molecule has 3 nitrogen and oxygen atoms in total. The summed E-state index contributed by atoms with van der Waals surface area (Å²) in [6.45, 7) is 3.25. The van der Waals surface area contributed by atoms with Gasteiger partial charge in [0, 0.05) is 32.5 Å². The van der Waals surface area contributed by atoms with Crippen LogP contribution < -0.4 is 10.6 Å². The first-order valence-electron chi connectivity index (χ1n) is 6.98. The third kappa shape index (κ3) is 3.91. The van der Waals surface area contributed by atoms with E-state index in [1.807, 2.05) is 6.07 Å². The molecule has 0 unspecified atom stereocenters. The van der Waals surface area contributed by atoms with Gasteiger partial charge < -0.3 is 15.4 Å². The molecule has 2 rings (SSSR count). The molecule has 106 valence electrons. The summed E-state index contributed by atoms with van der Waals surface area (Å²) < 4.78 is 18.7. The van der Waals surface area contributed by atoms with E-state index in [0.29, 0.717) is 18.9 Å².